The van der Waals surface area contributed by atoms with Crippen molar-refractivity contribution in [3.05, 3.63) is 47.2 Å². The zero-order chi connectivity index (χ0) is 18.9. The van der Waals surface area contributed by atoms with Crippen LogP contribution >= 0.6 is 11.6 Å². The number of likely N-dealkylation sites (tertiary alicyclic amines) is 1. The number of aliphatic hydroxyl groups is 1. The highest BCUT2D eigenvalue weighted by molar-refractivity contribution is 6.30. The van der Waals surface area contributed by atoms with Gasteiger partial charge in [0, 0.05) is 30.7 Å². The SMILES string of the molecule is O=C(c1cnn(-c2cccc(Cl)c2)c1)N1CCCC(O)(C(F)(F)F)CC1. The van der Waals surface area contributed by atoms with Crippen LogP contribution in [0.25, 0.3) is 5.69 Å². The molecule has 0 spiro atoms. The maximum Gasteiger partial charge on any atom is 0.417 e. The summed E-state index contributed by atoms with van der Waals surface area (Å²) >= 11 is 5.94. The van der Waals surface area contributed by atoms with Crippen LogP contribution < -0.4 is 0 Å². The summed E-state index contributed by atoms with van der Waals surface area (Å²) in [5.74, 6) is -0.412. The summed E-state index contributed by atoms with van der Waals surface area (Å²) in [6.45, 7) is -0.0171. The van der Waals surface area contributed by atoms with Crippen LogP contribution in [0.5, 0.6) is 0 Å². The summed E-state index contributed by atoms with van der Waals surface area (Å²) in [4.78, 5) is 13.9. The van der Waals surface area contributed by atoms with E-state index in [1.165, 1.54) is 22.0 Å². The Morgan fingerprint density at radius 2 is 2.04 bits per heavy atom. The molecule has 1 aliphatic heterocycles. The Morgan fingerprint density at radius 3 is 2.73 bits per heavy atom. The highest BCUT2D eigenvalue weighted by Gasteiger charge is 2.53. The Morgan fingerprint density at radius 1 is 1.27 bits per heavy atom. The highest BCUT2D eigenvalue weighted by atomic mass is 35.5. The molecule has 1 atom stereocenters. The van der Waals surface area contributed by atoms with E-state index >= 15 is 0 Å². The summed E-state index contributed by atoms with van der Waals surface area (Å²) in [6.07, 6.45) is -2.71. The third-order valence-electron chi connectivity index (χ3n) is 4.53. The van der Waals surface area contributed by atoms with Crippen molar-refractivity contribution >= 4 is 17.5 Å². The highest BCUT2D eigenvalue weighted by Crippen LogP contribution is 2.38. The van der Waals surface area contributed by atoms with Gasteiger partial charge in [0.15, 0.2) is 5.60 Å². The molecule has 3 rings (SSSR count). The van der Waals surface area contributed by atoms with Gasteiger partial charge in [-0.1, -0.05) is 17.7 Å². The number of halogens is 4. The van der Waals surface area contributed by atoms with Gasteiger partial charge in [-0.15, -0.1) is 0 Å². The second-order valence-electron chi connectivity index (χ2n) is 6.33. The Hall–Kier alpha value is -2.06. The van der Waals surface area contributed by atoms with Crippen LogP contribution in [0.3, 0.4) is 0 Å². The van der Waals surface area contributed by atoms with E-state index < -0.39 is 30.5 Å². The first-order valence-electron chi connectivity index (χ1n) is 8.09. The fraction of sp³-hybridized carbons (Fsp3) is 0.412. The van der Waals surface area contributed by atoms with Crippen LogP contribution in [-0.4, -0.2) is 50.6 Å². The van der Waals surface area contributed by atoms with E-state index in [-0.39, 0.29) is 25.1 Å². The van der Waals surface area contributed by atoms with Gasteiger partial charge in [0.25, 0.3) is 5.91 Å². The number of amides is 1. The zero-order valence-electron chi connectivity index (χ0n) is 13.7. The molecule has 1 N–H and O–H groups in total. The molecule has 2 heterocycles. The first kappa shape index (κ1) is 18.7. The molecular formula is C17H17ClF3N3O2. The van der Waals surface area contributed by atoms with Crippen molar-refractivity contribution in [2.45, 2.75) is 31.0 Å². The van der Waals surface area contributed by atoms with Crippen LogP contribution in [-0.2, 0) is 0 Å². The second-order valence-corrected chi connectivity index (χ2v) is 6.76. The lowest BCUT2D eigenvalue weighted by molar-refractivity contribution is -0.263. The average molecular weight is 388 g/mol. The van der Waals surface area contributed by atoms with Gasteiger partial charge < -0.3 is 10.0 Å². The van der Waals surface area contributed by atoms with E-state index in [4.69, 9.17) is 11.6 Å². The summed E-state index contributed by atoms with van der Waals surface area (Å²) in [5, 5.41) is 14.5. The Kier molecular flexibility index (Phi) is 4.98. The van der Waals surface area contributed by atoms with Crippen molar-refractivity contribution in [3.63, 3.8) is 0 Å². The van der Waals surface area contributed by atoms with Crippen LogP contribution in [0.1, 0.15) is 29.6 Å². The predicted molar refractivity (Wildman–Crippen MR) is 89.3 cm³/mol. The molecule has 1 aromatic carbocycles. The van der Waals surface area contributed by atoms with Gasteiger partial charge in [-0.2, -0.15) is 18.3 Å². The Bertz CT molecular complexity index is 809. The molecule has 0 bridgehead atoms. The molecule has 1 saturated heterocycles. The van der Waals surface area contributed by atoms with E-state index in [2.05, 4.69) is 5.10 Å². The van der Waals surface area contributed by atoms with Crippen LogP contribution in [0.4, 0.5) is 13.2 Å². The van der Waals surface area contributed by atoms with Crippen molar-refractivity contribution < 1.29 is 23.1 Å². The van der Waals surface area contributed by atoms with Crippen LogP contribution in [0.15, 0.2) is 36.7 Å². The smallest absolute Gasteiger partial charge is 0.380 e. The number of hydrogen-bond acceptors (Lipinski definition) is 3. The van der Waals surface area contributed by atoms with Crippen molar-refractivity contribution in [2.75, 3.05) is 13.1 Å². The minimum atomic E-state index is -4.70. The van der Waals surface area contributed by atoms with E-state index in [9.17, 15) is 23.1 Å². The number of rotatable bonds is 2. The van der Waals surface area contributed by atoms with Crippen molar-refractivity contribution in [3.8, 4) is 5.69 Å². The average Bonchev–Trinajstić information content (AvgIpc) is 2.97. The Labute approximate surface area is 153 Å². The second kappa shape index (κ2) is 6.92. The lowest BCUT2D eigenvalue weighted by Crippen LogP contribution is -2.46. The van der Waals surface area contributed by atoms with Crippen molar-refractivity contribution in [2.24, 2.45) is 0 Å². The molecule has 1 fully saturated rings. The lowest BCUT2D eigenvalue weighted by atomic mass is 9.94. The van der Waals surface area contributed by atoms with Gasteiger partial charge in [0.1, 0.15) is 0 Å². The van der Waals surface area contributed by atoms with E-state index in [0.29, 0.717) is 10.7 Å². The molecule has 1 aliphatic rings. The predicted octanol–water partition coefficient (Wildman–Crippen LogP) is 3.45. The third kappa shape index (κ3) is 3.71. The van der Waals surface area contributed by atoms with Gasteiger partial charge >= 0.3 is 6.18 Å². The molecule has 0 saturated carbocycles. The minimum Gasteiger partial charge on any atom is -0.380 e. The van der Waals surface area contributed by atoms with Gasteiger partial charge in [0.05, 0.1) is 17.4 Å². The first-order valence-corrected chi connectivity index (χ1v) is 8.46. The molecule has 2 aromatic rings. The minimum absolute atomic E-state index is 0.0736. The first-order chi connectivity index (χ1) is 12.2. The maximum atomic E-state index is 13.0. The van der Waals surface area contributed by atoms with Crippen molar-refractivity contribution in [1.82, 2.24) is 14.7 Å². The molecule has 9 heteroatoms. The molecule has 5 nitrogen and oxygen atoms in total. The van der Waals surface area contributed by atoms with Gasteiger partial charge in [0.2, 0.25) is 0 Å². The van der Waals surface area contributed by atoms with E-state index in [0.717, 1.165) is 0 Å². The molecule has 1 unspecified atom stereocenters. The monoisotopic (exact) mass is 387 g/mol. The molecule has 140 valence electrons. The number of aromatic nitrogens is 2. The van der Waals surface area contributed by atoms with Crippen LogP contribution in [0, 0.1) is 0 Å². The Balaban J connectivity index is 1.74. The fourth-order valence-corrected chi connectivity index (χ4v) is 3.17. The van der Waals surface area contributed by atoms with Gasteiger partial charge in [-0.3, -0.25) is 4.79 Å². The number of hydrogen-bond donors (Lipinski definition) is 1. The van der Waals surface area contributed by atoms with Crippen molar-refractivity contribution in [1.29, 1.82) is 0 Å². The van der Waals surface area contributed by atoms with E-state index in [1.807, 2.05) is 0 Å². The topological polar surface area (TPSA) is 58.4 Å². The standard InChI is InChI=1S/C17H17ClF3N3O2/c18-13-3-1-4-14(9-13)24-11-12(10-22-24)15(25)23-7-2-5-16(26,6-8-23)17(19,20)21/h1,3-4,9-11,26H,2,5-8H2. The number of benzene rings is 1. The molecule has 0 aliphatic carbocycles. The molecule has 26 heavy (non-hydrogen) atoms. The zero-order valence-corrected chi connectivity index (χ0v) is 14.5. The van der Waals surface area contributed by atoms with Crippen LogP contribution in [0.2, 0.25) is 5.02 Å². The largest absolute Gasteiger partial charge is 0.417 e. The summed E-state index contributed by atoms with van der Waals surface area (Å²) in [5.41, 5.74) is -1.81. The fourth-order valence-electron chi connectivity index (χ4n) is 2.98. The quantitative estimate of drug-likeness (QED) is 0.858. The molecule has 1 amide bonds. The van der Waals surface area contributed by atoms with Gasteiger partial charge in [-0.25, -0.2) is 4.68 Å². The van der Waals surface area contributed by atoms with E-state index in [1.54, 1.807) is 24.3 Å². The van der Waals surface area contributed by atoms with Gasteiger partial charge in [-0.05, 0) is 31.0 Å². The molecular weight excluding hydrogens is 371 g/mol. The number of alkyl halides is 3. The maximum absolute atomic E-state index is 13.0. The number of carbonyl (C=O) groups excluding carboxylic acids is 1. The summed E-state index contributed by atoms with van der Waals surface area (Å²) in [6, 6.07) is 6.90. The lowest BCUT2D eigenvalue weighted by Gasteiger charge is -2.29. The summed E-state index contributed by atoms with van der Waals surface area (Å²) in [7, 11) is 0. The summed E-state index contributed by atoms with van der Waals surface area (Å²) < 4.78 is 40.5. The number of nitrogens with zero attached hydrogens (tertiary/aromatic N) is 3. The molecule has 0 radical (unpaired) electrons. The number of carbonyl (C=O) groups is 1. The molecule has 1 aromatic heterocycles. The third-order valence-corrected chi connectivity index (χ3v) is 4.77. The normalized spacial score (nSPS) is 21.5.